The van der Waals surface area contributed by atoms with Gasteiger partial charge in [0.2, 0.25) is 0 Å². The maximum absolute atomic E-state index is 12.3. The zero-order valence-corrected chi connectivity index (χ0v) is 10.9. The lowest BCUT2D eigenvalue weighted by Gasteiger charge is -2.10. The van der Waals surface area contributed by atoms with Gasteiger partial charge in [0.05, 0.1) is 0 Å². The Hall–Kier alpha value is -1.89. The van der Waals surface area contributed by atoms with Crippen molar-refractivity contribution in [2.24, 2.45) is 5.92 Å². The van der Waals surface area contributed by atoms with Gasteiger partial charge in [-0.1, -0.05) is 67.1 Å². The molecule has 18 heavy (non-hydrogen) atoms. The molecule has 1 atom stereocenters. The van der Waals surface area contributed by atoms with Crippen molar-refractivity contribution in [2.45, 2.75) is 20.3 Å². The summed E-state index contributed by atoms with van der Waals surface area (Å²) >= 11 is 0. The minimum Gasteiger partial charge on any atom is -0.294 e. The van der Waals surface area contributed by atoms with Gasteiger partial charge >= 0.3 is 0 Å². The van der Waals surface area contributed by atoms with Crippen LogP contribution in [0.15, 0.2) is 54.6 Å². The Bertz CT molecular complexity index is 511. The predicted molar refractivity (Wildman–Crippen MR) is 74.8 cm³/mol. The molecule has 0 N–H and O–H groups in total. The number of hydrogen-bond donors (Lipinski definition) is 0. The van der Waals surface area contributed by atoms with Crippen molar-refractivity contribution in [1.29, 1.82) is 0 Å². The summed E-state index contributed by atoms with van der Waals surface area (Å²) in [5, 5.41) is 0. The van der Waals surface area contributed by atoms with Crippen LogP contribution in [-0.2, 0) is 6.42 Å². The van der Waals surface area contributed by atoms with Gasteiger partial charge in [-0.2, -0.15) is 0 Å². The molecule has 1 heteroatoms. The maximum Gasteiger partial charge on any atom is 0.165 e. The van der Waals surface area contributed by atoms with E-state index in [9.17, 15) is 4.79 Å². The molecular formula is C17H18O. The van der Waals surface area contributed by atoms with E-state index in [2.05, 4.69) is 12.1 Å². The van der Waals surface area contributed by atoms with Crippen LogP contribution in [0.3, 0.4) is 0 Å². The van der Waals surface area contributed by atoms with Crippen molar-refractivity contribution in [3.63, 3.8) is 0 Å². The lowest BCUT2D eigenvalue weighted by Crippen LogP contribution is -2.13. The lowest BCUT2D eigenvalue weighted by atomic mass is 9.92. The van der Waals surface area contributed by atoms with Crippen molar-refractivity contribution in [1.82, 2.24) is 0 Å². The summed E-state index contributed by atoms with van der Waals surface area (Å²) in [6, 6.07) is 18.0. The normalized spacial score (nSPS) is 12.1. The highest BCUT2D eigenvalue weighted by molar-refractivity contribution is 5.97. The van der Waals surface area contributed by atoms with Gasteiger partial charge in [0, 0.05) is 11.5 Å². The van der Waals surface area contributed by atoms with Gasteiger partial charge in [-0.15, -0.1) is 0 Å². The Kier molecular flexibility index (Phi) is 3.93. The van der Waals surface area contributed by atoms with E-state index >= 15 is 0 Å². The number of aryl methyl sites for hydroxylation is 1. The molecule has 0 bridgehead atoms. The zero-order chi connectivity index (χ0) is 13.0. The minimum atomic E-state index is 0.0232. The highest BCUT2D eigenvalue weighted by Gasteiger charge is 2.15. The van der Waals surface area contributed by atoms with Crippen LogP contribution in [-0.4, -0.2) is 5.78 Å². The van der Waals surface area contributed by atoms with Crippen LogP contribution in [0.25, 0.3) is 0 Å². The molecule has 0 aliphatic carbocycles. The second-order valence-electron chi connectivity index (χ2n) is 4.82. The second-order valence-corrected chi connectivity index (χ2v) is 4.82. The first-order valence-corrected chi connectivity index (χ1v) is 6.31. The molecule has 2 aromatic carbocycles. The number of rotatable bonds is 4. The molecule has 0 saturated carbocycles. The molecule has 0 heterocycles. The van der Waals surface area contributed by atoms with E-state index in [1.54, 1.807) is 0 Å². The molecule has 0 aromatic heterocycles. The van der Waals surface area contributed by atoms with E-state index in [4.69, 9.17) is 0 Å². The average molecular weight is 238 g/mol. The summed E-state index contributed by atoms with van der Waals surface area (Å²) in [6.07, 6.45) is 0.799. The zero-order valence-electron chi connectivity index (χ0n) is 10.9. The first-order valence-electron chi connectivity index (χ1n) is 6.31. The molecule has 0 fully saturated rings. The Labute approximate surface area is 108 Å². The predicted octanol–water partition coefficient (Wildman–Crippen LogP) is 4.06. The summed E-state index contributed by atoms with van der Waals surface area (Å²) < 4.78 is 0. The van der Waals surface area contributed by atoms with E-state index in [1.807, 2.05) is 56.3 Å². The van der Waals surface area contributed by atoms with E-state index in [-0.39, 0.29) is 11.7 Å². The third-order valence-electron chi connectivity index (χ3n) is 3.17. The van der Waals surface area contributed by atoms with Crippen molar-refractivity contribution in [3.05, 3.63) is 71.3 Å². The van der Waals surface area contributed by atoms with Crippen LogP contribution in [0.5, 0.6) is 0 Å². The lowest BCUT2D eigenvalue weighted by molar-refractivity contribution is 0.0929. The van der Waals surface area contributed by atoms with E-state index in [0.717, 1.165) is 12.0 Å². The molecule has 2 aromatic rings. The Morgan fingerprint density at radius 3 is 2.22 bits per heavy atom. The van der Waals surface area contributed by atoms with Gasteiger partial charge in [0.25, 0.3) is 0 Å². The van der Waals surface area contributed by atoms with Gasteiger partial charge < -0.3 is 0 Å². The molecule has 92 valence electrons. The van der Waals surface area contributed by atoms with Crippen molar-refractivity contribution >= 4 is 5.78 Å². The molecule has 0 aliphatic rings. The molecule has 0 aliphatic heterocycles. The quantitative estimate of drug-likeness (QED) is 0.734. The second kappa shape index (κ2) is 5.63. The van der Waals surface area contributed by atoms with Gasteiger partial charge in [0.1, 0.15) is 0 Å². The smallest absolute Gasteiger partial charge is 0.165 e. The van der Waals surface area contributed by atoms with Crippen molar-refractivity contribution in [3.8, 4) is 0 Å². The number of carbonyl (C=O) groups is 1. The van der Waals surface area contributed by atoms with Crippen LogP contribution in [0, 0.1) is 12.8 Å². The fourth-order valence-electron chi connectivity index (χ4n) is 2.06. The van der Waals surface area contributed by atoms with E-state index in [1.165, 1.54) is 11.1 Å². The van der Waals surface area contributed by atoms with Crippen LogP contribution < -0.4 is 0 Å². The Morgan fingerprint density at radius 1 is 1.00 bits per heavy atom. The molecular weight excluding hydrogens is 220 g/mol. The molecule has 1 nitrogen and oxygen atoms in total. The topological polar surface area (TPSA) is 17.1 Å². The van der Waals surface area contributed by atoms with E-state index in [0.29, 0.717) is 0 Å². The maximum atomic E-state index is 12.3. The third kappa shape index (κ3) is 3.07. The monoisotopic (exact) mass is 238 g/mol. The summed E-state index contributed by atoms with van der Waals surface area (Å²) in [4.78, 5) is 12.3. The van der Waals surface area contributed by atoms with Crippen LogP contribution >= 0.6 is 0 Å². The van der Waals surface area contributed by atoms with Gasteiger partial charge in [-0.25, -0.2) is 0 Å². The standard InChI is InChI=1S/C17H18O/c1-13-8-10-16(11-9-13)17(18)14(2)12-15-6-4-3-5-7-15/h3-11,14H,12H2,1-2H3. The highest BCUT2D eigenvalue weighted by atomic mass is 16.1. The number of Topliss-reactive ketones (excluding diaryl/α,β-unsaturated/α-hetero) is 1. The largest absolute Gasteiger partial charge is 0.294 e. The fraction of sp³-hybridized carbons (Fsp3) is 0.235. The number of hydrogen-bond acceptors (Lipinski definition) is 1. The number of carbonyl (C=O) groups excluding carboxylic acids is 1. The van der Waals surface area contributed by atoms with Crippen molar-refractivity contribution in [2.75, 3.05) is 0 Å². The van der Waals surface area contributed by atoms with Gasteiger partial charge in [-0.3, -0.25) is 4.79 Å². The first kappa shape index (κ1) is 12.6. The molecule has 2 rings (SSSR count). The van der Waals surface area contributed by atoms with Crippen LogP contribution in [0.1, 0.15) is 28.4 Å². The van der Waals surface area contributed by atoms with Crippen LogP contribution in [0.4, 0.5) is 0 Å². The van der Waals surface area contributed by atoms with Gasteiger partial charge in [0.15, 0.2) is 5.78 Å². The first-order chi connectivity index (χ1) is 8.66. The Morgan fingerprint density at radius 2 is 1.61 bits per heavy atom. The highest BCUT2D eigenvalue weighted by Crippen LogP contribution is 2.15. The summed E-state index contributed by atoms with van der Waals surface area (Å²) in [7, 11) is 0. The molecule has 0 amide bonds. The Balaban J connectivity index is 2.07. The third-order valence-corrected chi connectivity index (χ3v) is 3.17. The minimum absolute atomic E-state index is 0.0232. The summed E-state index contributed by atoms with van der Waals surface area (Å²) in [6.45, 7) is 4.02. The van der Waals surface area contributed by atoms with Gasteiger partial charge in [-0.05, 0) is 18.9 Å². The SMILES string of the molecule is Cc1ccc(C(=O)C(C)Cc2ccccc2)cc1. The molecule has 0 saturated heterocycles. The van der Waals surface area contributed by atoms with Crippen molar-refractivity contribution < 1.29 is 4.79 Å². The number of ketones is 1. The summed E-state index contributed by atoms with van der Waals surface area (Å²) in [5.41, 5.74) is 3.21. The fourth-order valence-corrected chi connectivity index (χ4v) is 2.06. The van der Waals surface area contributed by atoms with E-state index < -0.39 is 0 Å². The molecule has 1 unspecified atom stereocenters. The average Bonchev–Trinajstić information content (AvgIpc) is 2.40. The number of benzene rings is 2. The summed E-state index contributed by atoms with van der Waals surface area (Å²) in [5.74, 6) is 0.244. The molecule has 0 radical (unpaired) electrons. The van der Waals surface area contributed by atoms with Crippen LogP contribution in [0.2, 0.25) is 0 Å². The molecule has 0 spiro atoms.